The van der Waals surface area contributed by atoms with Crippen molar-refractivity contribution in [2.75, 3.05) is 38.2 Å². The highest BCUT2D eigenvalue weighted by atomic mass is 35.5. The van der Waals surface area contributed by atoms with Gasteiger partial charge in [0.05, 0.1) is 12.1 Å². The molecule has 1 saturated heterocycles. The monoisotopic (exact) mass is 351 g/mol. The molecule has 2 fully saturated rings. The number of carbonyl (C=O) groups is 1. The molecule has 3 rings (SSSR count). The van der Waals surface area contributed by atoms with E-state index in [1.54, 1.807) is 7.11 Å². The minimum absolute atomic E-state index is 0.0920. The fourth-order valence-electron chi connectivity index (χ4n) is 3.53. The lowest BCUT2D eigenvalue weighted by molar-refractivity contribution is 0.186. The van der Waals surface area contributed by atoms with Gasteiger partial charge in [-0.05, 0) is 31.0 Å². The molecule has 6 heteroatoms. The second-order valence-corrected chi connectivity index (χ2v) is 6.98. The number of nitrogens with zero attached hydrogens (tertiary/aromatic N) is 2. The van der Waals surface area contributed by atoms with Crippen molar-refractivity contribution in [2.45, 2.75) is 38.1 Å². The van der Waals surface area contributed by atoms with Crippen LogP contribution in [0.15, 0.2) is 18.2 Å². The van der Waals surface area contributed by atoms with Gasteiger partial charge in [-0.3, -0.25) is 0 Å². The predicted molar refractivity (Wildman–Crippen MR) is 97.2 cm³/mol. The molecule has 0 atom stereocenters. The molecule has 0 bridgehead atoms. The first-order valence-electron chi connectivity index (χ1n) is 8.81. The SMILES string of the molecule is COc1ccc(N2CCN(C(=O)NC3CCCCC3)CC2)cc1Cl. The summed E-state index contributed by atoms with van der Waals surface area (Å²) in [5.74, 6) is 0.686. The molecule has 0 radical (unpaired) electrons. The van der Waals surface area contributed by atoms with E-state index in [-0.39, 0.29) is 6.03 Å². The number of hydrogen-bond donors (Lipinski definition) is 1. The smallest absolute Gasteiger partial charge is 0.317 e. The van der Waals surface area contributed by atoms with Crippen molar-refractivity contribution in [3.05, 3.63) is 23.2 Å². The highest BCUT2D eigenvalue weighted by Gasteiger charge is 2.24. The maximum atomic E-state index is 12.4. The maximum absolute atomic E-state index is 12.4. The summed E-state index contributed by atoms with van der Waals surface area (Å²) < 4.78 is 5.20. The van der Waals surface area contributed by atoms with Crippen LogP contribution in [0.1, 0.15) is 32.1 Å². The quantitative estimate of drug-likeness (QED) is 0.906. The van der Waals surface area contributed by atoms with Crippen LogP contribution in [-0.2, 0) is 0 Å². The van der Waals surface area contributed by atoms with Gasteiger partial charge in [0.25, 0.3) is 0 Å². The van der Waals surface area contributed by atoms with Crippen LogP contribution in [0, 0.1) is 0 Å². The number of piperazine rings is 1. The Bertz CT molecular complexity index is 567. The van der Waals surface area contributed by atoms with Gasteiger partial charge in [-0.25, -0.2) is 4.79 Å². The van der Waals surface area contributed by atoms with Crippen LogP contribution in [-0.4, -0.2) is 50.3 Å². The Balaban J connectivity index is 1.51. The van der Waals surface area contributed by atoms with Gasteiger partial charge in [0, 0.05) is 37.9 Å². The third-order valence-electron chi connectivity index (χ3n) is 5.00. The second-order valence-electron chi connectivity index (χ2n) is 6.58. The number of carbonyl (C=O) groups excluding carboxylic acids is 1. The first-order chi connectivity index (χ1) is 11.7. The van der Waals surface area contributed by atoms with E-state index in [2.05, 4.69) is 10.2 Å². The van der Waals surface area contributed by atoms with Gasteiger partial charge in [-0.15, -0.1) is 0 Å². The zero-order chi connectivity index (χ0) is 16.9. The highest BCUT2D eigenvalue weighted by molar-refractivity contribution is 6.32. The number of rotatable bonds is 3. The summed E-state index contributed by atoms with van der Waals surface area (Å²) in [7, 11) is 1.62. The van der Waals surface area contributed by atoms with Crippen LogP contribution >= 0.6 is 11.6 Å². The van der Waals surface area contributed by atoms with Crippen molar-refractivity contribution in [3.63, 3.8) is 0 Å². The molecule has 1 N–H and O–H groups in total. The molecule has 1 heterocycles. The molecule has 24 heavy (non-hydrogen) atoms. The summed E-state index contributed by atoms with van der Waals surface area (Å²) >= 11 is 6.21. The molecular formula is C18H26ClN3O2. The molecule has 1 aromatic carbocycles. The number of methoxy groups -OCH3 is 1. The topological polar surface area (TPSA) is 44.8 Å². The summed E-state index contributed by atoms with van der Waals surface area (Å²) in [5.41, 5.74) is 1.08. The Labute approximate surface area is 148 Å². The number of nitrogens with one attached hydrogen (secondary N) is 1. The van der Waals surface area contributed by atoms with E-state index >= 15 is 0 Å². The lowest BCUT2D eigenvalue weighted by atomic mass is 9.96. The van der Waals surface area contributed by atoms with Crippen LogP contribution in [0.2, 0.25) is 5.02 Å². The number of amides is 2. The summed E-state index contributed by atoms with van der Waals surface area (Å²) in [6, 6.07) is 6.29. The normalized spacial score (nSPS) is 19.2. The molecule has 1 saturated carbocycles. The molecular weight excluding hydrogens is 326 g/mol. The Morgan fingerprint density at radius 3 is 2.50 bits per heavy atom. The number of halogens is 1. The van der Waals surface area contributed by atoms with Gasteiger partial charge in [-0.2, -0.15) is 0 Å². The van der Waals surface area contributed by atoms with Crippen LogP contribution in [0.3, 0.4) is 0 Å². The molecule has 2 amide bonds. The minimum Gasteiger partial charge on any atom is -0.495 e. The molecule has 1 aromatic rings. The van der Waals surface area contributed by atoms with Gasteiger partial charge >= 0.3 is 6.03 Å². The summed E-state index contributed by atoms with van der Waals surface area (Å²) in [4.78, 5) is 16.6. The number of ether oxygens (including phenoxy) is 1. The number of hydrogen-bond acceptors (Lipinski definition) is 3. The van der Waals surface area contributed by atoms with Gasteiger partial charge < -0.3 is 19.9 Å². The largest absolute Gasteiger partial charge is 0.495 e. The van der Waals surface area contributed by atoms with E-state index in [1.165, 1.54) is 19.3 Å². The standard InChI is InChI=1S/C18H26ClN3O2/c1-24-17-8-7-15(13-16(17)19)21-9-11-22(12-10-21)18(23)20-14-5-3-2-4-6-14/h7-8,13-14H,2-6,9-12H2,1H3,(H,20,23). The Morgan fingerprint density at radius 2 is 1.88 bits per heavy atom. The third kappa shape index (κ3) is 4.07. The van der Waals surface area contributed by atoms with Gasteiger partial charge in [-0.1, -0.05) is 30.9 Å². The number of benzene rings is 1. The molecule has 0 aromatic heterocycles. The van der Waals surface area contributed by atoms with Crippen LogP contribution < -0.4 is 15.0 Å². The van der Waals surface area contributed by atoms with Crippen molar-refractivity contribution in [1.82, 2.24) is 10.2 Å². The summed E-state index contributed by atoms with van der Waals surface area (Å²) in [5, 5.41) is 3.82. The van der Waals surface area contributed by atoms with E-state index < -0.39 is 0 Å². The predicted octanol–water partition coefficient (Wildman–Crippen LogP) is 3.51. The van der Waals surface area contributed by atoms with Crippen molar-refractivity contribution >= 4 is 23.3 Å². The Kier molecular flexibility index (Phi) is 5.72. The fourth-order valence-corrected chi connectivity index (χ4v) is 3.78. The van der Waals surface area contributed by atoms with Gasteiger partial charge in [0.2, 0.25) is 0 Å². The lowest BCUT2D eigenvalue weighted by Crippen LogP contribution is -2.53. The molecule has 0 spiro atoms. The van der Waals surface area contributed by atoms with Gasteiger partial charge in [0.15, 0.2) is 0 Å². The Morgan fingerprint density at radius 1 is 1.17 bits per heavy atom. The first-order valence-corrected chi connectivity index (χ1v) is 9.19. The van der Waals surface area contributed by atoms with Crippen LogP contribution in [0.5, 0.6) is 5.75 Å². The average Bonchev–Trinajstić information content (AvgIpc) is 2.62. The fraction of sp³-hybridized carbons (Fsp3) is 0.611. The highest BCUT2D eigenvalue weighted by Crippen LogP contribution is 2.29. The van der Waals surface area contributed by atoms with Crippen molar-refractivity contribution in [1.29, 1.82) is 0 Å². The van der Waals surface area contributed by atoms with E-state index in [9.17, 15) is 4.79 Å². The van der Waals surface area contributed by atoms with Crippen molar-refractivity contribution in [3.8, 4) is 5.75 Å². The number of urea groups is 1. The van der Waals surface area contributed by atoms with Crippen LogP contribution in [0.4, 0.5) is 10.5 Å². The lowest BCUT2D eigenvalue weighted by Gasteiger charge is -2.37. The van der Waals surface area contributed by atoms with E-state index in [0.29, 0.717) is 16.8 Å². The average molecular weight is 352 g/mol. The molecule has 5 nitrogen and oxygen atoms in total. The van der Waals surface area contributed by atoms with Crippen molar-refractivity contribution in [2.24, 2.45) is 0 Å². The molecule has 1 aliphatic carbocycles. The molecule has 0 unspecified atom stereocenters. The van der Waals surface area contributed by atoms with E-state index in [0.717, 1.165) is 44.7 Å². The zero-order valence-corrected chi connectivity index (χ0v) is 15.0. The molecule has 1 aliphatic heterocycles. The maximum Gasteiger partial charge on any atom is 0.317 e. The number of anilines is 1. The van der Waals surface area contributed by atoms with Crippen LogP contribution in [0.25, 0.3) is 0 Å². The molecule has 132 valence electrons. The zero-order valence-electron chi connectivity index (χ0n) is 14.3. The van der Waals surface area contributed by atoms with E-state index in [1.807, 2.05) is 23.1 Å². The third-order valence-corrected chi connectivity index (χ3v) is 5.30. The molecule has 2 aliphatic rings. The Hall–Kier alpha value is -1.62. The van der Waals surface area contributed by atoms with Gasteiger partial charge in [0.1, 0.15) is 5.75 Å². The van der Waals surface area contributed by atoms with E-state index in [4.69, 9.17) is 16.3 Å². The summed E-state index contributed by atoms with van der Waals surface area (Å²) in [6.45, 7) is 3.12. The minimum atomic E-state index is 0.0920. The van der Waals surface area contributed by atoms with Crippen molar-refractivity contribution < 1.29 is 9.53 Å². The second kappa shape index (κ2) is 7.97. The summed E-state index contributed by atoms with van der Waals surface area (Å²) in [6.07, 6.45) is 6.01. The first kappa shape index (κ1) is 17.2.